The van der Waals surface area contributed by atoms with E-state index in [1.54, 1.807) is 42.5 Å². The van der Waals surface area contributed by atoms with E-state index in [0.29, 0.717) is 28.5 Å². The van der Waals surface area contributed by atoms with Crippen molar-refractivity contribution in [3.05, 3.63) is 59.9 Å². The molecule has 0 bridgehead atoms. The lowest BCUT2D eigenvalue weighted by Crippen LogP contribution is -2.18. The molecular formula is C25H26FN5O3. The van der Waals surface area contributed by atoms with Crippen LogP contribution in [0.5, 0.6) is 5.75 Å². The molecule has 0 spiro atoms. The molecule has 176 valence electrons. The van der Waals surface area contributed by atoms with Crippen molar-refractivity contribution >= 4 is 22.6 Å². The molecule has 0 fully saturated rings. The first kappa shape index (κ1) is 23.2. The number of ether oxygens (including phenoxy) is 1. The van der Waals surface area contributed by atoms with Gasteiger partial charge in [-0.05, 0) is 18.6 Å². The smallest absolute Gasteiger partial charge is 0.254 e. The molecule has 1 unspecified atom stereocenters. The molecule has 0 aliphatic carbocycles. The lowest BCUT2D eigenvalue weighted by atomic mass is 10.0. The van der Waals surface area contributed by atoms with E-state index in [1.165, 1.54) is 11.8 Å². The predicted molar refractivity (Wildman–Crippen MR) is 129 cm³/mol. The summed E-state index contributed by atoms with van der Waals surface area (Å²) in [5.74, 6) is -1.14. The molecule has 8 nitrogen and oxygen atoms in total. The average molecular weight is 464 g/mol. The number of primary amides is 1. The van der Waals surface area contributed by atoms with Crippen molar-refractivity contribution in [1.29, 1.82) is 0 Å². The normalized spacial score (nSPS) is 12.1. The van der Waals surface area contributed by atoms with Crippen LogP contribution in [-0.4, -0.2) is 39.5 Å². The minimum atomic E-state index is -0.735. The lowest BCUT2D eigenvalue weighted by Gasteiger charge is -2.15. The molecule has 5 N–H and O–H groups in total. The number of hydrogen-bond donors (Lipinski definition) is 3. The highest BCUT2D eigenvalue weighted by atomic mass is 19.1. The van der Waals surface area contributed by atoms with Gasteiger partial charge >= 0.3 is 0 Å². The van der Waals surface area contributed by atoms with Crippen LogP contribution in [0.3, 0.4) is 0 Å². The van der Waals surface area contributed by atoms with E-state index in [0.717, 1.165) is 6.42 Å². The highest BCUT2D eigenvalue weighted by Gasteiger charge is 2.26. The quantitative estimate of drug-likeness (QED) is 0.363. The van der Waals surface area contributed by atoms with Crippen LogP contribution in [-0.2, 0) is 0 Å². The van der Waals surface area contributed by atoms with Crippen molar-refractivity contribution < 1.29 is 19.0 Å². The topological polar surface area (TPSA) is 129 Å². The Bertz CT molecular complexity index is 1350. The number of carbonyl (C=O) groups is 1. The Labute approximate surface area is 196 Å². The Balaban J connectivity index is 1.94. The summed E-state index contributed by atoms with van der Waals surface area (Å²) in [5, 5.41) is 14.8. The molecule has 4 aromatic rings. The van der Waals surface area contributed by atoms with Crippen LogP contribution in [0, 0.1) is 5.82 Å². The van der Waals surface area contributed by atoms with Gasteiger partial charge in [-0.3, -0.25) is 4.79 Å². The Morgan fingerprint density at radius 3 is 2.53 bits per heavy atom. The first-order valence-electron chi connectivity index (χ1n) is 10.9. The molecule has 2 heterocycles. The second kappa shape index (κ2) is 9.48. The van der Waals surface area contributed by atoms with Crippen molar-refractivity contribution in [3.8, 4) is 28.3 Å². The molecule has 2 aromatic carbocycles. The van der Waals surface area contributed by atoms with Crippen molar-refractivity contribution in [2.75, 3.05) is 19.5 Å². The summed E-state index contributed by atoms with van der Waals surface area (Å²) in [6.45, 7) is 1.79. The van der Waals surface area contributed by atoms with Gasteiger partial charge in [0.15, 0.2) is 11.6 Å². The van der Waals surface area contributed by atoms with E-state index >= 15 is 4.39 Å². The van der Waals surface area contributed by atoms with Gasteiger partial charge in [0, 0.05) is 16.5 Å². The van der Waals surface area contributed by atoms with E-state index in [4.69, 9.17) is 16.2 Å². The number of pyridine rings is 1. The fourth-order valence-corrected chi connectivity index (χ4v) is 4.14. The monoisotopic (exact) mass is 463 g/mol. The van der Waals surface area contributed by atoms with Crippen LogP contribution in [0.2, 0.25) is 0 Å². The average Bonchev–Trinajstić information content (AvgIpc) is 3.19. The number of amides is 1. The summed E-state index contributed by atoms with van der Waals surface area (Å²) in [6.07, 6.45) is 1.41. The molecule has 1 atom stereocenters. The predicted octanol–water partition coefficient (Wildman–Crippen LogP) is 3.93. The van der Waals surface area contributed by atoms with Crippen molar-refractivity contribution in [1.82, 2.24) is 14.8 Å². The third-order valence-corrected chi connectivity index (χ3v) is 5.78. The molecule has 0 saturated heterocycles. The molecule has 0 aliphatic heterocycles. The summed E-state index contributed by atoms with van der Waals surface area (Å²) in [7, 11) is 1.40. The Kier molecular flexibility index (Phi) is 6.47. The summed E-state index contributed by atoms with van der Waals surface area (Å²) in [6, 6.07) is 13.6. The van der Waals surface area contributed by atoms with Crippen LogP contribution in [0.25, 0.3) is 33.4 Å². The van der Waals surface area contributed by atoms with Gasteiger partial charge < -0.3 is 21.3 Å². The zero-order valence-corrected chi connectivity index (χ0v) is 19.0. The van der Waals surface area contributed by atoms with Gasteiger partial charge in [0.2, 0.25) is 0 Å². The van der Waals surface area contributed by atoms with Crippen molar-refractivity contribution in [2.45, 2.75) is 25.8 Å². The number of hydrogen-bond acceptors (Lipinski definition) is 6. The maximum absolute atomic E-state index is 15.2. The number of aliphatic hydroxyl groups is 1. The number of methoxy groups -OCH3 is 1. The SMILES string of the molecule is CCCC(CO)n1nc(-c2ccc3c(OC)c(F)c(-c4ccccc4)nc3c2)c(C(N)=O)c1N. The number of nitrogen functional groups attached to an aromatic ring is 1. The first-order valence-corrected chi connectivity index (χ1v) is 10.9. The van der Waals surface area contributed by atoms with Crippen LogP contribution < -0.4 is 16.2 Å². The Morgan fingerprint density at radius 2 is 1.91 bits per heavy atom. The van der Waals surface area contributed by atoms with E-state index in [9.17, 15) is 9.90 Å². The summed E-state index contributed by atoms with van der Waals surface area (Å²) in [4.78, 5) is 16.8. The van der Waals surface area contributed by atoms with Gasteiger partial charge in [-0.1, -0.05) is 49.7 Å². The largest absolute Gasteiger partial charge is 0.493 e. The molecule has 0 radical (unpaired) electrons. The fraction of sp³-hybridized carbons (Fsp3) is 0.240. The van der Waals surface area contributed by atoms with Gasteiger partial charge in [-0.25, -0.2) is 14.1 Å². The maximum atomic E-state index is 15.2. The number of nitrogens with zero attached hydrogens (tertiary/aromatic N) is 3. The number of halogens is 1. The lowest BCUT2D eigenvalue weighted by molar-refractivity contribution is 0.100. The summed E-state index contributed by atoms with van der Waals surface area (Å²) in [5.41, 5.74) is 13.9. The van der Waals surface area contributed by atoms with E-state index in [-0.39, 0.29) is 35.1 Å². The number of aliphatic hydroxyl groups excluding tert-OH is 1. The van der Waals surface area contributed by atoms with E-state index in [2.05, 4.69) is 10.1 Å². The Hall–Kier alpha value is -3.98. The van der Waals surface area contributed by atoms with Crippen molar-refractivity contribution in [2.24, 2.45) is 5.73 Å². The highest BCUT2D eigenvalue weighted by Crippen LogP contribution is 2.37. The number of aromatic nitrogens is 3. The number of rotatable bonds is 8. The third-order valence-electron chi connectivity index (χ3n) is 5.78. The van der Waals surface area contributed by atoms with E-state index in [1.807, 2.05) is 13.0 Å². The second-order valence-electron chi connectivity index (χ2n) is 7.95. The number of benzene rings is 2. The summed E-state index contributed by atoms with van der Waals surface area (Å²) < 4.78 is 22.0. The Morgan fingerprint density at radius 1 is 1.18 bits per heavy atom. The number of carbonyl (C=O) groups excluding carboxylic acids is 1. The first-order chi connectivity index (χ1) is 16.4. The second-order valence-corrected chi connectivity index (χ2v) is 7.95. The maximum Gasteiger partial charge on any atom is 0.254 e. The minimum absolute atomic E-state index is 0.0614. The zero-order chi connectivity index (χ0) is 24.4. The van der Waals surface area contributed by atoms with Crippen LogP contribution in [0.15, 0.2) is 48.5 Å². The van der Waals surface area contributed by atoms with Crippen LogP contribution >= 0.6 is 0 Å². The van der Waals surface area contributed by atoms with Crippen LogP contribution in [0.4, 0.5) is 10.2 Å². The van der Waals surface area contributed by atoms with Gasteiger partial charge in [0.05, 0.1) is 25.3 Å². The molecule has 34 heavy (non-hydrogen) atoms. The number of anilines is 1. The third kappa shape index (κ3) is 3.94. The van der Waals surface area contributed by atoms with Crippen LogP contribution in [0.1, 0.15) is 36.2 Å². The summed E-state index contributed by atoms with van der Waals surface area (Å²) >= 11 is 0. The molecule has 9 heteroatoms. The molecule has 0 aliphatic rings. The molecular weight excluding hydrogens is 437 g/mol. The molecule has 1 amide bonds. The molecule has 0 saturated carbocycles. The molecule has 2 aromatic heterocycles. The van der Waals surface area contributed by atoms with Gasteiger partial charge in [-0.15, -0.1) is 0 Å². The van der Waals surface area contributed by atoms with Gasteiger partial charge in [0.1, 0.15) is 22.8 Å². The van der Waals surface area contributed by atoms with Crippen molar-refractivity contribution in [3.63, 3.8) is 0 Å². The standard InChI is InChI=1S/C25H26FN5O3/c1-3-7-16(13-32)31-24(27)19(25(28)33)21(30-31)15-10-11-17-18(12-15)29-22(20(26)23(17)34-2)14-8-5-4-6-9-14/h4-6,8-12,16,32H,3,7,13,27H2,1-2H3,(H2,28,33). The van der Waals surface area contributed by atoms with Gasteiger partial charge in [0.25, 0.3) is 5.91 Å². The van der Waals surface area contributed by atoms with Gasteiger partial charge in [-0.2, -0.15) is 5.10 Å². The number of fused-ring (bicyclic) bond motifs is 1. The van der Waals surface area contributed by atoms with E-state index < -0.39 is 17.8 Å². The highest BCUT2D eigenvalue weighted by molar-refractivity contribution is 6.04. The molecule has 4 rings (SSSR count). The zero-order valence-electron chi connectivity index (χ0n) is 19.0. The number of nitrogens with two attached hydrogens (primary N) is 2. The minimum Gasteiger partial charge on any atom is -0.493 e. The fourth-order valence-electron chi connectivity index (χ4n) is 4.14.